The normalized spacial score (nSPS) is 9.67. The first kappa shape index (κ1) is 12.5. The predicted octanol–water partition coefficient (Wildman–Crippen LogP) is 4.21. The van der Waals surface area contributed by atoms with Gasteiger partial charge in [-0.3, -0.25) is 0 Å². The van der Waals surface area contributed by atoms with E-state index >= 15 is 0 Å². The van der Waals surface area contributed by atoms with E-state index in [1.807, 2.05) is 0 Å². The molecule has 0 heteroatoms. The summed E-state index contributed by atoms with van der Waals surface area (Å²) in [6, 6.07) is 16.9. The van der Waals surface area contributed by atoms with Crippen LogP contribution in [0.15, 0.2) is 48.5 Å². The Kier molecular flexibility index (Phi) is 4.20. The summed E-state index contributed by atoms with van der Waals surface area (Å²) < 4.78 is 0. The van der Waals surface area contributed by atoms with Crippen molar-refractivity contribution in [3.63, 3.8) is 0 Å². The number of aryl methyl sites for hydroxylation is 2. The van der Waals surface area contributed by atoms with Crippen LogP contribution in [0.5, 0.6) is 0 Å². The fourth-order valence-corrected chi connectivity index (χ4v) is 1.84. The molecule has 2 aromatic rings. The van der Waals surface area contributed by atoms with E-state index in [1.165, 1.54) is 11.1 Å². The van der Waals surface area contributed by atoms with Crippen molar-refractivity contribution in [2.45, 2.75) is 26.7 Å². The zero-order valence-electron chi connectivity index (χ0n) is 11.0. The van der Waals surface area contributed by atoms with E-state index < -0.39 is 0 Å². The molecule has 0 saturated heterocycles. The lowest BCUT2D eigenvalue weighted by Gasteiger charge is -1.97. The van der Waals surface area contributed by atoms with Gasteiger partial charge in [0.25, 0.3) is 0 Å². The molecule has 0 unspecified atom stereocenters. The molecule has 0 aliphatic heterocycles. The maximum Gasteiger partial charge on any atom is 0.0251 e. The molecule has 0 aromatic heterocycles. The van der Waals surface area contributed by atoms with Crippen LogP contribution in [0.3, 0.4) is 0 Å². The summed E-state index contributed by atoms with van der Waals surface area (Å²) in [5.41, 5.74) is 4.86. The Balaban J connectivity index is 2.19. The fraction of sp³-hybridized carbons (Fsp3) is 0.222. The Bertz CT molecular complexity index is 565. The number of hydrogen-bond acceptors (Lipinski definition) is 0. The van der Waals surface area contributed by atoms with Gasteiger partial charge < -0.3 is 0 Å². The van der Waals surface area contributed by atoms with Gasteiger partial charge in [-0.15, -0.1) is 0 Å². The second-order valence-corrected chi connectivity index (χ2v) is 4.35. The van der Waals surface area contributed by atoms with Crippen LogP contribution in [0.4, 0.5) is 0 Å². The van der Waals surface area contributed by atoms with Crippen LogP contribution in [0.1, 0.15) is 36.1 Å². The lowest BCUT2D eigenvalue weighted by molar-refractivity contribution is 1.14. The predicted molar refractivity (Wildman–Crippen MR) is 77.6 cm³/mol. The monoisotopic (exact) mass is 234 g/mol. The Morgan fingerprint density at radius 2 is 1.39 bits per heavy atom. The first-order chi connectivity index (χ1) is 8.81. The van der Waals surface area contributed by atoms with Crippen LogP contribution < -0.4 is 0 Å². The van der Waals surface area contributed by atoms with E-state index in [0.717, 1.165) is 24.0 Å². The number of hydrogen-bond donors (Lipinski definition) is 0. The van der Waals surface area contributed by atoms with Crippen molar-refractivity contribution < 1.29 is 0 Å². The highest BCUT2D eigenvalue weighted by Crippen LogP contribution is 2.06. The third kappa shape index (κ3) is 3.25. The second kappa shape index (κ2) is 6.07. The van der Waals surface area contributed by atoms with Gasteiger partial charge in [-0.05, 0) is 48.2 Å². The van der Waals surface area contributed by atoms with Crippen LogP contribution >= 0.6 is 0 Å². The summed E-state index contributed by atoms with van der Waals surface area (Å²) in [6.45, 7) is 4.33. The molecule has 0 spiro atoms. The SMILES string of the molecule is CCc1ccc(C#Cc2cccc(CC)c2)cc1. The van der Waals surface area contributed by atoms with Gasteiger partial charge in [-0.25, -0.2) is 0 Å². The third-order valence-electron chi connectivity index (χ3n) is 3.05. The van der Waals surface area contributed by atoms with E-state index in [0.29, 0.717) is 0 Å². The van der Waals surface area contributed by atoms with Crippen molar-refractivity contribution in [1.29, 1.82) is 0 Å². The quantitative estimate of drug-likeness (QED) is 0.683. The largest absolute Gasteiger partial charge is 0.0617 e. The van der Waals surface area contributed by atoms with Crippen LogP contribution in [0.2, 0.25) is 0 Å². The molecule has 0 aliphatic rings. The van der Waals surface area contributed by atoms with Gasteiger partial charge >= 0.3 is 0 Å². The van der Waals surface area contributed by atoms with Crippen molar-refractivity contribution in [3.8, 4) is 11.8 Å². The van der Waals surface area contributed by atoms with Gasteiger partial charge in [0.05, 0.1) is 0 Å². The molecule has 0 bridgehead atoms. The molecule has 2 aromatic carbocycles. The summed E-state index contributed by atoms with van der Waals surface area (Å²) in [6.07, 6.45) is 2.13. The van der Waals surface area contributed by atoms with Gasteiger partial charge in [-0.2, -0.15) is 0 Å². The van der Waals surface area contributed by atoms with Crippen molar-refractivity contribution >= 4 is 0 Å². The minimum Gasteiger partial charge on any atom is -0.0617 e. The minimum atomic E-state index is 1.06. The molecule has 0 heterocycles. The zero-order valence-corrected chi connectivity index (χ0v) is 11.0. The third-order valence-corrected chi connectivity index (χ3v) is 3.05. The molecule has 0 aliphatic carbocycles. The van der Waals surface area contributed by atoms with Crippen molar-refractivity contribution in [2.24, 2.45) is 0 Å². The van der Waals surface area contributed by atoms with E-state index in [2.05, 4.69) is 74.2 Å². The maximum absolute atomic E-state index is 3.22. The molecule has 0 radical (unpaired) electrons. The molecule has 0 atom stereocenters. The van der Waals surface area contributed by atoms with E-state index in [4.69, 9.17) is 0 Å². The molecule has 2 rings (SSSR count). The van der Waals surface area contributed by atoms with Crippen molar-refractivity contribution in [3.05, 3.63) is 70.8 Å². The zero-order chi connectivity index (χ0) is 12.8. The van der Waals surface area contributed by atoms with Crippen molar-refractivity contribution in [1.82, 2.24) is 0 Å². The summed E-state index contributed by atoms with van der Waals surface area (Å²) in [7, 11) is 0. The standard InChI is InChI=1S/C18H18/c1-3-15-8-10-17(11-9-15)12-13-18-7-5-6-16(4-2)14-18/h5-11,14H,3-4H2,1-2H3. The van der Waals surface area contributed by atoms with Crippen LogP contribution in [-0.4, -0.2) is 0 Å². The Morgan fingerprint density at radius 3 is 2.06 bits per heavy atom. The van der Waals surface area contributed by atoms with Crippen LogP contribution in [-0.2, 0) is 12.8 Å². The molecule has 0 fully saturated rings. The average Bonchev–Trinajstić information content (AvgIpc) is 2.46. The lowest BCUT2D eigenvalue weighted by atomic mass is 10.1. The molecule has 90 valence electrons. The van der Waals surface area contributed by atoms with E-state index in [-0.39, 0.29) is 0 Å². The molecular weight excluding hydrogens is 216 g/mol. The van der Waals surface area contributed by atoms with Crippen LogP contribution in [0.25, 0.3) is 0 Å². The summed E-state index contributed by atoms with van der Waals surface area (Å²) in [5, 5.41) is 0. The fourth-order valence-electron chi connectivity index (χ4n) is 1.84. The van der Waals surface area contributed by atoms with Gasteiger partial charge in [0.2, 0.25) is 0 Å². The molecule has 0 nitrogen and oxygen atoms in total. The van der Waals surface area contributed by atoms with Gasteiger partial charge in [0, 0.05) is 11.1 Å². The summed E-state index contributed by atoms with van der Waals surface area (Å²) in [4.78, 5) is 0. The second-order valence-electron chi connectivity index (χ2n) is 4.35. The van der Waals surface area contributed by atoms with Gasteiger partial charge in [0.1, 0.15) is 0 Å². The smallest absolute Gasteiger partial charge is 0.0251 e. The molecule has 18 heavy (non-hydrogen) atoms. The van der Waals surface area contributed by atoms with E-state index in [1.54, 1.807) is 0 Å². The van der Waals surface area contributed by atoms with Gasteiger partial charge in [-0.1, -0.05) is 50.0 Å². The number of rotatable bonds is 2. The Morgan fingerprint density at radius 1 is 0.722 bits per heavy atom. The number of benzene rings is 2. The minimum absolute atomic E-state index is 1.06. The highest BCUT2D eigenvalue weighted by Gasteiger charge is 1.91. The molecule has 0 amide bonds. The van der Waals surface area contributed by atoms with Gasteiger partial charge in [0.15, 0.2) is 0 Å². The molecule has 0 saturated carbocycles. The van der Waals surface area contributed by atoms with Crippen molar-refractivity contribution in [2.75, 3.05) is 0 Å². The average molecular weight is 234 g/mol. The Hall–Kier alpha value is -2.00. The highest BCUT2D eigenvalue weighted by atomic mass is 14.0. The highest BCUT2D eigenvalue weighted by molar-refractivity contribution is 5.44. The van der Waals surface area contributed by atoms with E-state index in [9.17, 15) is 0 Å². The first-order valence-corrected chi connectivity index (χ1v) is 6.51. The van der Waals surface area contributed by atoms with Crippen LogP contribution in [0, 0.1) is 11.8 Å². The topological polar surface area (TPSA) is 0 Å². The molecular formula is C18H18. The maximum atomic E-state index is 3.22. The summed E-state index contributed by atoms with van der Waals surface area (Å²) >= 11 is 0. The molecule has 0 N–H and O–H groups in total. The first-order valence-electron chi connectivity index (χ1n) is 6.51. The summed E-state index contributed by atoms with van der Waals surface area (Å²) in [5.74, 6) is 6.44. The Labute approximate surface area is 110 Å². The lowest BCUT2D eigenvalue weighted by Crippen LogP contribution is -1.82.